The third kappa shape index (κ3) is 5.55. The van der Waals surface area contributed by atoms with Gasteiger partial charge in [-0.05, 0) is 49.4 Å². The lowest BCUT2D eigenvalue weighted by atomic mass is 9.77. The first kappa shape index (κ1) is 27.3. The molecule has 1 aliphatic carbocycles. The molecule has 3 aromatic heterocycles. The number of carbonyl (C=O) groups is 2. The number of H-pyrrole nitrogens is 1. The maximum Gasteiger partial charge on any atom is 0.433 e. The number of alkyl halides is 3. The lowest BCUT2D eigenvalue weighted by Crippen LogP contribution is -2.40. The number of ketones is 1. The zero-order valence-electron chi connectivity index (χ0n) is 21.8. The van der Waals surface area contributed by atoms with E-state index in [1.54, 1.807) is 12.1 Å². The van der Waals surface area contributed by atoms with Crippen LogP contribution in [0.5, 0.6) is 0 Å². The van der Waals surface area contributed by atoms with Crippen molar-refractivity contribution in [2.24, 2.45) is 11.7 Å². The van der Waals surface area contributed by atoms with Crippen molar-refractivity contribution >= 4 is 28.8 Å². The van der Waals surface area contributed by atoms with E-state index in [0.29, 0.717) is 48.5 Å². The lowest BCUT2D eigenvalue weighted by Gasteiger charge is -2.31. The monoisotopic (exact) mass is 554 g/mol. The average Bonchev–Trinajstić information content (AvgIpc) is 3.57. The molecule has 5 rings (SSSR count). The predicted octanol–water partition coefficient (Wildman–Crippen LogP) is 4.26. The van der Waals surface area contributed by atoms with E-state index in [2.05, 4.69) is 25.7 Å². The smallest absolute Gasteiger partial charge is 0.352 e. The standard InChI is InChI=1S/C27H29F3N8O2/c1-2-15-12-18(5-6-19(15)26(40)33-7-3-4-22(39)16-10-17(31)11-16)36-24-25-34-14-21(38(25)9-8-32-24)20-13-35-37-23(20)27(28,29)30/h5-6,8-9,12-14,16-17H,2-4,7,10-11,31H2,1H3,(H,32,36)(H,33,40)(H,35,37). The van der Waals surface area contributed by atoms with Gasteiger partial charge in [0.25, 0.3) is 5.91 Å². The number of benzene rings is 1. The highest BCUT2D eigenvalue weighted by atomic mass is 19.4. The Morgan fingerprint density at radius 2 is 2.00 bits per heavy atom. The zero-order chi connectivity index (χ0) is 28.4. The van der Waals surface area contributed by atoms with E-state index in [1.807, 2.05) is 18.1 Å². The molecule has 0 radical (unpaired) electrons. The summed E-state index contributed by atoms with van der Waals surface area (Å²) in [6, 6.07) is 5.39. The fraction of sp³-hybridized carbons (Fsp3) is 0.370. The molecule has 0 bridgehead atoms. The van der Waals surface area contributed by atoms with Crippen molar-refractivity contribution in [1.82, 2.24) is 29.9 Å². The number of rotatable bonds is 10. The molecule has 0 saturated heterocycles. The highest BCUT2D eigenvalue weighted by Gasteiger charge is 2.36. The number of nitrogens with zero attached hydrogens (tertiary/aromatic N) is 4. The van der Waals surface area contributed by atoms with Crippen LogP contribution in [-0.4, -0.2) is 48.8 Å². The van der Waals surface area contributed by atoms with Gasteiger partial charge < -0.3 is 16.4 Å². The maximum absolute atomic E-state index is 13.4. The number of aromatic amines is 1. The Morgan fingerprint density at radius 3 is 2.73 bits per heavy atom. The molecule has 0 atom stereocenters. The first-order chi connectivity index (χ1) is 19.2. The largest absolute Gasteiger partial charge is 0.433 e. The van der Waals surface area contributed by atoms with Crippen LogP contribution >= 0.6 is 0 Å². The van der Waals surface area contributed by atoms with Crippen molar-refractivity contribution in [3.8, 4) is 11.3 Å². The molecule has 0 unspecified atom stereocenters. The summed E-state index contributed by atoms with van der Waals surface area (Å²) >= 11 is 0. The van der Waals surface area contributed by atoms with Crippen LogP contribution < -0.4 is 16.4 Å². The minimum atomic E-state index is -4.60. The summed E-state index contributed by atoms with van der Waals surface area (Å²) in [6.45, 7) is 2.33. The predicted molar refractivity (Wildman–Crippen MR) is 142 cm³/mol. The van der Waals surface area contributed by atoms with Gasteiger partial charge in [-0.1, -0.05) is 6.92 Å². The van der Waals surface area contributed by atoms with Gasteiger partial charge in [-0.2, -0.15) is 18.3 Å². The molecule has 1 amide bonds. The van der Waals surface area contributed by atoms with Gasteiger partial charge in [-0.3, -0.25) is 19.1 Å². The summed E-state index contributed by atoms with van der Waals surface area (Å²) in [5.74, 6) is 0.385. The third-order valence-electron chi connectivity index (χ3n) is 7.14. The molecule has 0 aliphatic heterocycles. The van der Waals surface area contributed by atoms with Crippen LogP contribution in [0.25, 0.3) is 16.9 Å². The molecule has 13 heteroatoms. The lowest BCUT2D eigenvalue weighted by molar-refractivity contribution is -0.140. The van der Waals surface area contributed by atoms with Gasteiger partial charge in [0.15, 0.2) is 11.5 Å². The van der Waals surface area contributed by atoms with Gasteiger partial charge in [0.1, 0.15) is 11.5 Å². The summed E-state index contributed by atoms with van der Waals surface area (Å²) < 4.78 is 41.7. The van der Waals surface area contributed by atoms with Crippen LogP contribution in [0.2, 0.25) is 0 Å². The Kier molecular flexibility index (Phi) is 7.57. The Hall–Kier alpha value is -4.26. The number of fused-ring (bicyclic) bond motifs is 1. The Morgan fingerprint density at radius 1 is 1.20 bits per heavy atom. The third-order valence-corrected chi connectivity index (χ3v) is 7.14. The summed E-state index contributed by atoms with van der Waals surface area (Å²) in [4.78, 5) is 33.6. The summed E-state index contributed by atoms with van der Waals surface area (Å²) in [5.41, 5.74) is 7.16. The number of nitrogens with one attached hydrogen (secondary N) is 3. The number of carbonyl (C=O) groups excluding carboxylic acids is 2. The van der Waals surface area contributed by atoms with Crippen LogP contribution in [0.3, 0.4) is 0 Å². The number of hydrogen-bond donors (Lipinski definition) is 4. The van der Waals surface area contributed by atoms with Crippen molar-refractivity contribution in [3.63, 3.8) is 0 Å². The van der Waals surface area contributed by atoms with E-state index in [9.17, 15) is 22.8 Å². The van der Waals surface area contributed by atoms with Crippen molar-refractivity contribution in [2.75, 3.05) is 11.9 Å². The van der Waals surface area contributed by atoms with Crippen molar-refractivity contribution < 1.29 is 22.8 Å². The molecule has 1 saturated carbocycles. The number of Topliss-reactive ketones (excluding diaryl/α,β-unsaturated/α-hetero) is 1. The van der Waals surface area contributed by atoms with E-state index in [1.165, 1.54) is 23.0 Å². The maximum atomic E-state index is 13.4. The van der Waals surface area contributed by atoms with E-state index in [4.69, 9.17) is 5.73 Å². The number of amides is 1. The molecule has 3 heterocycles. The van der Waals surface area contributed by atoms with Crippen LogP contribution in [0.4, 0.5) is 24.7 Å². The number of hydrogen-bond acceptors (Lipinski definition) is 7. The fourth-order valence-electron chi connectivity index (χ4n) is 4.91. The van der Waals surface area contributed by atoms with Gasteiger partial charge in [-0.25, -0.2) is 9.97 Å². The molecule has 4 aromatic rings. The van der Waals surface area contributed by atoms with Gasteiger partial charge in [0.2, 0.25) is 0 Å². The zero-order valence-corrected chi connectivity index (χ0v) is 21.8. The van der Waals surface area contributed by atoms with E-state index < -0.39 is 11.9 Å². The fourth-order valence-corrected chi connectivity index (χ4v) is 4.91. The van der Waals surface area contributed by atoms with Crippen molar-refractivity contribution in [2.45, 2.75) is 51.2 Å². The highest BCUT2D eigenvalue weighted by molar-refractivity contribution is 5.96. The Labute approximate surface area is 227 Å². The Balaban J connectivity index is 1.27. The van der Waals surface area contributed by atoms with E-state index in [0.717, 1.165) is 24.6 Å². The Bertz CT molecular complexity index is 1540. The molecular formula is C27H29F3N8O2. The summed E-state index contributed by atoms with van der Waals surface area (Å²) in [5, 5.41) is 11.6. The SMILES string of the molecule is CCc1cc(Nc2nccn3c(-c4cn[nH]c4C(F)(F)F)cnc23)ccc1C(=O)NCCCC(=O)C1CC(N)C1. The first-order valence-electron chi connectivity index (χ1n) is 13.0. The molecule has 40 heavy (non-hydrogen) atoms. The van der Waals surface area contributed by atoms with Crippen LogP contribution in [0, 0.1) is 5.92 Å². The van der Waals surface area contributed by atoms with Gasteiger partial charge >= 0.3 is 6.18 Å². The quantitative estimate of drug-likeness (QED) is 0.215. The summed E-state index contributed by atoms with van der Waals surface area (Å²) in [6.07, 6.45) is 3.91. The molecule has 1 aliphatic rings. The molecule has 10 nitrogen and oxygen atoms in total. The number of anilines is 2. The first-order valence-corrected chi connectivity index (χ1v) is 13.0. The number of imidazole rings is 1. The minimum Gasteiger partial charge on any atom is -0.352 e. The number of nitrogens with two attached hydrogens (primary N) is 1. The topological polar surface area (TPSA) is 143 Å². The van der Waals surface area contributed by atoms with Gasteiger partial charge in [0, 0.05) is 48.6 Å². The molecule has 210 valence electrons. The summed E-state index contributed by atoms with van der Waals surface area (Å²) in [7, 11) is 0. The van der Waals surface area contributed by atoms with Crippen LogP contribution in [0.1, 0.15) is 54.2 Å². The highest BCUT2D eigenvalue weighted by Crippen LogP contribution is 2.36. The molecule has 1 fully saturated rings. The second-order valence-corrected chi connectivity index (χ2v) is 9.87. The second-order valence-electron chi connectivity index (χ2n) is 9.87. The van der Waals surface area contributed by atoms with Crippen LogP contribution in [0.15, 0.2) is 43.0 Å². The average molecular weight is 555 g/mol. The van der Waals surface area contributed by atoms with Crippen LogP contribution in [-0.2, 0) is 17.4 Å². The van der Waals surface area contributed by atoms with Crippen molar-refractivity contribution in [1.29, 1.82) is 0 Å². The number of aryl methyl sites for hydroxylation is 1. The van der Waals surface area contributed by atoms with Crippen molar-refractivity contribution in [3.05, 3.63) is 59.8 Å². The molecular weight excluding hydrogens is 525 g/mol. The molecule has 1 aromatic carbocycles. The normalized spacial score (nSPS) is 17.0. The number of halogens is 3. The van der Waals surface area contributed by atoms with E-state index in [-0.39, 0.29) is 34.9 Å². The number of aromatic nitrogens is 5. The molecule has 0 spiro atoms. The minimum absolute atomic E-state index is 0.0642. The second kappa shape index (κ2) is 11.1. The van der Waals surface area contributed by atoms with Gasteiger partial charge in [0.05, 0.1) is 23.7 Å². The molecule has 5 N–H and O–H groups in total. The van der Waals surface area contributed by atoms with Gasteiger partial charge in [-0.15, -0.1) is 0 Å². The van der Waals surface area contributed by atoms with E-state index >= 15 is 0 Å².